The van der Waals surface area contributed by atoms with Crippen molar-refractivity contribution in [3.63, 3.8) is 0 Å². The topological polar surface area (TPSA) is 90.7 Å². The third kappa shape index (κ3) is 2.71. The van der Waals surface area contributed by atoms with E-state index in [1.165, 1.54) is 6.20 Å². The average Bonchev–Trinajstić information content (AvgIpc) is 2.26. The molecular formula is C8H9N5O. The highest BCUT2D eigenvalue weighted by Crippen LogP contribution is 1.99. The number of hydrogen-bond donors (Lipinski definition) is 2. The van der Waals surface area contributed by atoms with Crippen molar-refractivity contribution in [2.24, 2.45) is 0 Å². The summed E-state index contributed by atoms with van der Waals surface area (Å²) in [6, 6.07) is 3.39. The van der Waals surface area contributed by atoms with Crippen molar-refractivity contribution in [2.75, 3.05) is 18.9 Å². The van der Waals surface area contributed by atoms with Gasteiger partial charge in [-0.2, -0.15) is 5.26 Å². The molecule has 0 unspecified atom stereocenters. The molecule has 1 aromatic rings. The number of nitrogens with zero attached hydrogens (tertiary/aromatic N) is 3. The van der Waals surface area contributed by atoms with Gasteiger partial charge in [0.05, 0.1) is 6.54 Å². The number of hydrogen-bond acceptors (Lipinski definition) is 5. The van der Waals surface area contributed by atoms with Crippen LogP contribution in [0.25, 0.3) is 0 Å². The van der Waals surface area contributed by atoms with E-state index in [1.54, 1.807) is 19.2 Å². The first kappa shape index (κ1) is 9.92. The van der Waals surface area contributed by atoms with Crippen molar-refractivity contribution in [3.8, 4) is 6.07 Å². The highest BCUT2D eigenvalue weighted by atomic mass is 16.1. The van der Waals surface area contributed by atoms with Gasteiger partial charge in [0.2, 0.25) is 11.7 Å². The van der Waals surface area contributed by atoms with Crippen molar-refractivity contribution < 1.29 is 4.79 Å². The molecule has 0 aliphatic rings. The molecule has 1 amide bonds. The van der Waals surface area contributed by atoms with Gasteiger partial charge >= 0.3 is 0 Å². The molecule has 0 aromatic carbocycles. The van der Waals surface area contributed by atoms with Gasteiger partial charge in [-0.25, -0.2) is 9.97 Å². The number of rotatable bonds is 3. The molecule has 0 aliphatic carbocycles. The number of nitriles is 1. The van der Waals surface area contributed by atoms with E-state index >= 15 is 0 Å². The molecule has 0 saturated carbocycles. The molecule has 1 heterocycles. The standard InChI is InChI=1S/C8H9N5O/c1-10-8(14)5-12-6-2-3-11-7(4-9)13-6/h2-3H,5H2,1H3,(H,10,14)(H,11,12,13). The van der Waals surface area contributed by atoms with Crippen LogP contribution in [-0.2, 0) is 4.79 Å². The highest BCUT2D eigenvalue weighted by Gasteiger charge is 1.99. The fraction of sp³-hybridized carbons (Fsp3) is 0.250. The molecule has 1 rings (SSSR count). The Labute approximate surface area is 81.0 Å². The Morgan fingerprint density at radius 2 is 2.50 bits per heavy atom. The summed E-state index contributed by atoms with van der Waals surface area (Å²) in [7, 11) is 1.55. The van der Waals surface area contributed by atoms with Crippen molar-refractivity contribution in [3.05, 3.63) is 18.1 Å². The van der Waals surface area contributed by atoms with Gasteiger partial charge in [0, 0.05) is 13.2 Å². The number of nitrogens with one attached hydrogen (secondary N) is 2. The lowest BCUT2D eigenvalue weighted by atomic mass is 10.5. The second-order valence-corrected chi connectivity index (χ2v) is 2.40. The average molecular weight is 191 g/mol. The second-order valence-electron chi connectivity index (χ2n) is 2.40. The van der Waals surface area contributed by atoms with Crippen LogP contribution < -0.4 is 10.6 Å². The third-order valence-corrected chi connectivity index (χ3v) is 1.46. The van der Waals surface area contributed by atoms with E-state index in [0.29, 0.717) is 5.82 Å². The maximum atomic E-state index is 10.9. The summed E-state index contributed by atoms with van der Waals surface area (Å²) < 4.78 is 0. The van der Waals surface area contributed by atoms with E-state index in [9.17, 15) is 4.79 Å². The summed E-state index contributed by atoms with van der Waals surface area (Å²) in [5.74, 6) is 0.383. The number of anilines is 1. The maximum absolute atomic E-state index is 10.9. The summed E-state index contributed by atoms with van der Waals surface area (Å²) in [6.45, 7) is 0.123. The quantitative estimate of drug-likeness (QED) is 0.672. The Kier molecular flexibility index (Phi) is 3.38. The molecule has 1 aromatic heterocycles. The van der Waals surface area contributed by atoms with E-state index in [4.69, 9.17) is 5.26 Å². The highest BCUT2D eigenvalue weighted by molar-refractivity contribution is 5.79. The lowest BCUT2D eigenvalue weighted by Crippen LogP contribution is -2.26. The molecule has 0 saturated heterocycles. The van der Waals surface area contributed by atoms with Crippen LogP contribution in [0.3, 0.4) is 0 Å². The normalized spacial score (nSPS) is 8.86. The van der Waals surface area contributed by atoms with E-state index < -0.39 is 0 Å². The van der Waals surface area contributed by atoms with Crippen molar-refractivity contribution in [1.82, 2.24) is 15.3 Å². The summed E-state index contributed by atoms with van der Waals surface area (Å²) in [6.07, 6.45) is 1.46. The largest absolute Gasteiger partial charge is 0.361 e. The van der Waals surface area contributed by atoms with Crippen LogP contribution in [-0.4, -0.2) is 29.5 Å². The first-order valence-corrected chi connectivity index (χ1v) is 3.94. The molecule has 6 nitrogen and oxygen atoms in total. The van der Waals surface area contributed by atoms with Crippen LogP contribution in [0, 0.1) is 11.3 Å². The summed E-state index contributed by atoms with van der Waals surface area (Å²) >= 11 is 0. The van der Waals surface area contributed by atoms with Crippen LogP contribution in [0.2, 0.25) is 0 Å². The van der Waals surface area contributed by atoms with Gasteiger partial charge in [-0.1, -0.05) is 0 Å². The minimum atomic E-state index is -0.151. The van der Waals surface area contributed by atoms with Gasteiger partial charge in [-0.15, -0.1) is 0 Å². The Balaban J connectivity index is 2.60. The molecule has 0 spiro atoms. The fourth-order valence-corrected chi connectivity index (χ4v) is 0.770. The lowest BCUT2D eigenvalue weighted by Gasteiger charge is -2.03. The molecule has 0 fully saturated rings. The minimum Gasteiger partial charge on any atom is -0.361 e. The maximum Gasteiger partial charge on any atom is 0.239 e. The zero-order valence-corrected chi connectivity index (χ0v) is 7.61. The predicted molar refractivity (Wildman–Crippen MR) is 49.3 cm³/mol. The summed E-state index contributed by atoms with van der Waals surface area (Å²) in [5, 5.41) is 13.7. The first-order chi connectivity index (χ1) is 6.76. The number of aromatic nitrogens is 2. The van der Waals surface area contributed by atoms with E-state index in [-0.39, 0.29) is 18.3 Å². The molecule has 0 bridgehead atoms. The smallest absolute Gasteiger partial charge is 0.239 e. The minimum absolute atomic E-state index is 0.0758. The van der Waals surface area contributed by atoms with Gasteiger partial charge in [-0.05, 0) is 6.07 Å². The number of carbonyl (C=O) groups is 1. The molecule has 14 heavy (non-hydrogen) atoms. The Bertz CT molecular complexity index is 370. The van der Waals surface area contributed by atoms with Crippen LogP contribution >= 0.6 is 0 Å². The van der Waals surface area contributed by atoms with Crippen LogP contribution in [0.15, 0.2) is 12.3 Å². The second kappa shape index (κ2) is 4.77. The van der Waals surface area contributed by atoms with Crippen LogP contribution in [0.4, 0.5) is 5.82 Å². The molecule has 2 N–H and O–H groups in total. The van der Waals surface area contributed by atoms with E-state index in [1.807, 2.05) is 0 Å². The van der Waals surface area contributed by atoms with Gasteiger partial charge < -0.3 is 10.6 Å². The van der Waals surface area contributed by atoms with Crippen molar-refractivity contribution in [1.29, 1.82) is 5.26 Å². The first-order valence-electron chi connectivity index (χ1n) is 3.94. The van der Waals surface area contributed by atoms with E-state index in [0.717, 1.165) is 0 Å². The predicted octanol–water partition coefficient (Wildman–Crippen LogP) is -0.494. The Morgan fingerprint density at radius 1 is 1.71 bits per heavy atom. The molecule has 6 heteroatoms. The van der Waals surface area contributed by atoms with Crippen LogP contribution in [0.1, 0.15) is 5.82 Å². The van der Waals surface area contributed by atoms with E-state index in [2.05, 4.69) is 20.6 Å². The molecule has 0 atom stereocenters. The van der Waals surface area contributed by atoms with Crippen LogP contribution in [0.5, 0.6) is 0 Å². The van der Waals surface area contributed by atoms with Crippen molar-refractivity contribution >= 4 is 11.7 Å². The molecular weight excluding hydrogens is 182 g/mol. The Morgan fingerprint density at radius 3 is 3.14 bits per heavy atom. The van der Waals surface area contributed by atoms with Gasteiger partial charge in [0.15, 0.2) is 0 Å². The third-order valence-electron chi connectivity index (χ3n) is 1.46. The summed E-state index contributed by atoms with van der Waals surface area (Å²) in [5.41, 5.74) is 0. The van der Waals surface area contributed by atoms with Crippen molar-refractivity contribution in [2.45, 2.75) is 0 Å². The number of amides is 1. The number of likely N-dealkylation sites (N-methyl/N-ethyl adjacent to an activating group) is 1. The monoisotopic (exact) mass is 191 g/mol. The zero-order valence-electron chi connectivity index (χ0n) is 7.61. The zero-order chi connectivity index (χ0) is 10.4. The lowest BCUT2D eigenvalue weighted by molar-refractivity contribution is -0.118. The van der Waals surface area contributed by atoms with Gasteiger partial charge in [-0.3, -0.25) is 4.79 Å². The molecule has 0 radical (unpaired) electrons. The fourth-order valence-electron chi connectivity index (χ4n) is 0.770. The number of carbonyl (C=O) groups excluding carboxylic acids is 1. The Hall–Kier alpha value is -2.16. The van der Waals surface area contributed by atoms with Gasteiger partial charge in [0.25, 0.3) is 0 Å². The molecule has 0 aliphatic heterocycles. The SMILES string of the molecule is CNC(=O)CNc1ccnc(C#N)n1. The summed E-state index contributed by atoms with van der Waals surface area (Å²) in [4.78, 5) is 18.4. The molecule has 72 valence electrons. The van der Waals surface area contributed by atoms with Gasteiger partial charge in [0.1, 0.15) is 11.9 Å².